The summed E-state index contributed by atoms with van der Waals surface area (Å²) in [6.07, 6.45) is 1.38. The number of urea groups is 1. The molecule has 0 bridgehead atoms. The molecule has 5 nitrogen and oxygen atoms in total. The molecule has 0 unspecified atom stereocenters. The highest BCUT2D eigenvalue weighted by Crippen LogP contribution is 2.17. The minimum Gasteiger partial charge on any atom is -0.351 e. The average Bonchev–Trinajstić information content (AvgIpc) is 2.30. The quantitative estimate of drug-likeness (QED) is 0.797. The number of nitrogens with one attached hydrogen (secondary N) is 1. The number of nitrogens with two attached hydrogens (primary N) is 1. The summed E-state index contributed by atoms with van der Waals surface area (Å²) in [4.78, 5) is 18.7. The van der Waals surface area contributed by atoms with E-state index in [2.05, 4.69) is 15.3 Å². The van der Waals surface area contributed by atoms with Crippen LogP contribution in [0.5, 0.6) is 0 Å². The summed E-state index contributed by atoms with van der Waals surface area (Å²) in [6, 6.07) is 10.6. The van der Waals surface area contributed by atoms with Crippen molar-refractivity contribution >= 4 is 11.8 Å². The van der Waals surface area contributed by atoms with Gasteiger partial charge in [0, 0.05) is 11.6 Å². The molecular formula is C11H10N4O. The third-order valence-corrected chi connectivity index (χ3v) is 1.99. The number of hydrogen-bond donors (Lipinski definition) is 2. The number of hydrogen-bond acceptors (Lipinski definition) is 3. The minimum atomic E-state index is -0.641. The van der Waals surface area contributed by atoms with Crippen molar-refractivity contribution in [2.24, 2.45) is 5.73 Å². The molecule has 1 aromatic heterocycles. The Balaban J connectivity index is 2.33. The third kappa shape index (κ3) is 2.33. The molecule has 0 saturated heterocycles. The first-order valence-corrected chi connectivity index (χ1v) is 4.69. The van der Waals surface area contributed by atoms with Gasteiger partial charge in [0.25, 0.3) is 0 Å². The zero-order valence-electron chi connectivity index (χ0n) is 8.42. The predicted octanol–water partition coefficient (Wildman–Crippen LogP) is 1.63. The maximum Gasteiger partial charge on any atom is 0.317 e. The van der Waals surface area contributed by atoms with Crippen molar-refractivity contribution < 1.29 is 4.79 Å². The number of rotatable bonds is 2. The Morgan fingerprint density at radius 1 is 1.19 bits per heavy atom. The number of primary amides is 1. The van der Waals surface area contributed by atoms with Crippen LogP contribution < -0.4 is 11.1 Å². The van der Waals surface area contributed by atoms with Gasteiger partial charge in [-0.05, 0) is 0 Å². The van der Waals surface area contributed by atoms with Crippen LogP contribution in [-0.2, 0) is 0 Å². The summed E-state index contributed by atoms with van der Waals surface area (Å²) in [7, 11) is 0. The van der Waals surface area contributed by atoms with E-state index in [1.54, 1.807) is 6.07 Å². The van der Waals surface area contributed by atoms with E-state index in [1.165, 1.54) is 6.33 Å². The summed E-state index contributed by atoms with van der Waals surface area (Å²) in [5.41, 5.74) is 6.69. The monoisotopic (exact) mass is 214 g/mol. The fourth-order valence-electron chi connectivity index (χ4n) is 1.32. The molecule has 80 valence electrons. The fraction of sp³-hybridized carbons (Fsp3) is 0. The van der Waals surface area contributed by atoms with Crippen molar-refractivity contribution in [3.63, 3.8) is 0 Å². The molecule has 5 heteroatoms. The fourth-order valence-corrected chi connectivity index (χ4v) is 1.32. The summed E-state index contributed by atoms with van der Waals surface area (Å²) < 4.78 is 0. The normalized spacial score (nSPS) is 9.75. The highest BCUT2D eigenvalue weighted by atomic mass is 16.2. The van der Waals surface area contributed by atoms with Gasteiger partial charge in [0.05, 0.1) is 5.69 Å². The van der Waals surface area contributed by atoms with Gasteiger partial charge in [-0.3, -0.25) is 5.32 Å². The maximum absolute atomic E-state index is 10.7. The molecule has 0 aliphatic rings. The Morgan fingerprint density at radius 2 is 1.94 bits per heavy atom. The van der Waals surface area contributed by atoms with Crippen LogP contribution in [0.4, 0.5) is 10.6 Å². The lowest BCUT2D eigenvalue weighted by Gasteiger charge is -2.03. The number of nitrogens with zero attached hydrogens (tertiary/aromatic N) is 2. The van der Waals surface area contributed by atoms with E-state index >= 15 is 0 Å². The van der Waals surface area contributed by atoms with Gasteiger partial charge in [-0.1, -0.05) is 30.3 Å². The molecule has 0 atom stereocenters. The lowest BCUT2D eigenvalue weighted by Crippen LogP contribution is -2.20. The van der Waals surface area contributed by atoms with Crippen molar-refractivity contribution in [2.75, 3.05) is 5.32 Å². The number of anilines is 1. The van der Waals surface area contributed by atoms with E-state index in [9.17, 15) is 4.79 Å². The van der Waals surface area contributed by atoms with Gasteiger partial charge in [-0.15, -0.1) is 0 Å². The predicted molar refractivity (Wildman–Crippen MR) is 60.7 cm³/mol. The maximum atomic E-state index is 10.7. The lowest BCUT2D eigenvalue weighted by molar-refractivity contribution is 0.259. The molecule has 0 aliphatic carbocycles. The second-order valence-corrected chi connectivity index (χ2v) is 3.14. The van der Waals surface area contributed by atoms with E-state index in [0.717, 1.165) is 11.3 Å². The number of carbonyl (C=O) groups is 1. The van der Waals surface area contributed by atoms with Crippen LogP contribution in [0.3, 0.4) is 0 Å². The molecule has 0 fully saturated rings. The van der Waals surface area contributed by atoms with E-state index in [1.807, 2.05) is 30.3 Å². The molecule has 0 saturated carbocycles. The zero-order valence-corrected chi connectivity index (χ0v) is 8.42. The molecule has 16 heavy (non-hydrogen) atoms. The van der Waals surface area contributed by atoms with E-state index < -0.39 is 6.03 Å². The van der Waals surface area contributed by atoms with Crippen molar-refractivity contribution in [1.82, 2.24) is 9.97 Å². The largest absolute Gasteiger partial charge is 0.351 e. The standard InChI is InChI=1S/C11H10N4O/c12-11(16)15-10-6-9(13-7-14-10)8-4-2-1-3-5-8/h1-7H,(H3,12,13,14,15,16). The van der Waals surface area contributed by atoms with Crippen LogP contribution in [0.25, 0.3) is 11.3 Å². The van der Waals surface area contributed by atoms with Gasteiger partial charge in [0.2, 0.25) is 0 Å². The van der Waals surface area contributed by atoms with Gasteiger partial charge < -0.3 is 5.73 Å². The second-order valence-electron chi connectivity index (χ2n) is 3.14. The topological polar surface area (TPSA) is 80.9 Å². The number of carbonyl (C=O) groups excluding carboxylic acids is 1. The van der Waals surface area contributed by atoms with Crippen LogP contribution >= 0.6 is 0 Å². The summed E-state index contributed by atoms with van der Waals surface area (Å²) in [5, 5.41) is 2.40. The summed E-state index contributed by atoms with van der Waals surface area (Å²) >= 11 is 0. The molecular weight excluding hydrogens is 204 g/mol. The summed E-state index contributed by atoms with van der Waals surface area (Å²) in [5.74, 6) is 0.390. The van der Waals surface area contributed by atoms with E-state index in [0.29, 0.717) is 5.82 Å². The lowest BCUT2D eigenvalue weighted by atomic mass is 10.1. The smallest absolute Gasteiger partial charge is 0.317 e. The minimum absolute atomic E-state index is 0.390. The zero-order chi connectivity index (χ0) is 11.4. The van der Waals surface area contributed by atoms with Crippen LogP contribution in [0, 0.1) is 0 Å². The molecule has 3 N–H and O–H groups in total. The van der Waals surface area contributed by atoms with Gasteiger partial charge in [-0.25, -0.2) is 14.8 Å². The Kier molecular flexibility index (Phi) is 2.77. The SMILES string of the molecule is NC(=O)Nc1cc(-c2ccccc2)ncn1. The first-order valence-electron chi connectivity index (χ1n) is 4.69. The Bertz CT molecular complexity index is 498. The van der Waals surface area contributed by atoms with Gasteiger partial charge in [0.15, 0.2) is 0 Å². The number of benzene rings is 1. The Morgan fingerprint density at radius 3 is 2.62 bits per heavy atom. The van der Waals surface area contributed by atoms with Crippen molar-refractivity contribution in [3.05, 3.63) is 42.7 Å². The van der Waals surface area contributed by atoms with Crippen molar-refractivity contribution in [3.8, 4) is 11.3 Å². The highest BCUT2D eigenvalue weighted by Gasteiger charge is 2.02. The molecule has 1 aromatic carbocycles. The first-order chi connectivity index (χ1) is 7.75. The van der Waals surface area contributed by atoms with Gasteiger partial charge >= 0.3 is 6.03 Å². The molecule has 0 radical (unpaired) electrons. The summed E-state index contributed by atoms with van der Waals surface area (Å²) in [6.45, 7) is 0. The Hall–Kier alpha value is -2.43. The molecule has 0 aliphatic heterocycles. The van der Waals surface area contributed by atoms with Crippen LogP contribution in [-0.4, -0.2) is 16.0 Å². The van der Waals surface area contributed by atoms with E-state index in [-0.39, 0.29) is 0 Å². The second kappa shape index (κ2) is 4.39. The van der Waals surface area contributed by atoms with Gasteiger partial charge in [0.1, 0.15) is 12.1 Å². The number of aromatic nitrogens is 2. The van der Waals surface area contributed by atoms with Crippen molar-refractivity contribution in [2.45, 2.75) is 0 Å². The highest BCUT2D eigenvalue weighted by molar-refractivity contribution is 5.87. The molecule has 2 amide bonds. The van der Waals surface area contributed by atoms with Crippen LogP contribution in [0.1, 0.15) is 0 Å². The molecule has 1 heterocycles. The van der Waals surface area contributed by atoms with Gasteiger partial charge in [-0.2, -0.15) is 0 Å². The average molecular weight is 214 g/mol. The molecule has 2 aromatic rings. The van der Waals surface area contributed by atoms with E-state index in [4.69, 9.17) is 5.73 Å². The van der Waals surface area contributed by atoms with Crippen molar-refractivity contribution in [1.29, 1.82) is 0 Å². The third-order valence-electron chi connectivity index (χ3n) is 1.99. The molecule has 2 rings (SSSR count). The Labute approximate surface area is 92.3 Å². The molecule has 0 spiro atoms. The first kappa shape index (κ1) is 10.1. The van der Waals surface area contributed by atoms with Crippen LogP contribution in [0.2, 0.25) is 0 Å². The number of amides is 2. The van der Waals surface area contributed by atoms with Crippen LogP contribution in [0.15, 0.2) is 42.7 Å².